The van der Waals surface area contributed by atoms with Gasteiger partial charge in [0.2, 0.25) is 0 Å². The molecule has 0 atom stereocenters. The van der Waals surface area contributed by atoms with Gasteiger partial charge in [-0.25, -0.2) is 0 Å². The second-order valence-corrected chi connectivity index (χ2v) is 8.37. The van der Waals surface area contributed by atoms with Gasteiger partial charge < -0.3 is 25.2 Å². The van der Waals surface area contributed by atoms with Gasteiger partial charge in [-0.05, 0) is 67.3 Å². The van der Waals surface area contributed by atoms with E-state index in [1.165, 1.54) is 7.05 Å². The van der Waals surface area contributed by atoms with Crippen LogP contribution in [0.5, 0.6) is 17.2 Å². The van der Waals surface area contributed by atoms with Gasteiger partial charge in [-0.1, -0.05) is 24.3 Å². The summed E-state index contributed by atoms with van der Waals surface area (Å²) in [6.07, 6.45) is 0. The average molecular weight is 513 g/mol. The number of carbonyl (C=O) groups excluding carboxylic acids is 2. The van der Waals surface area contributed by atoms with E-state index in [0.717, 1.165) is 5.56 Å². The standard InChI is InChI=1S/C29H28N4O5/c1-5-38-25-13-10-19(28(35)30-3)16-24(25)32-33-26-21-9-7-6-8-18(21)15-22(27(26)34)29(36)31-23-12-11-20(37-4)14-17(23)2/h6-16,34H,5H2,1-4H3,(H,30,35)(H,31,36). The number of methoxy groups -OCH3 is 1. The van der Waals surface area contributed by atoms with Gasteiger partial charge in [-0.15, -0.1) is 10.2 Å². The molecule has 194 valence electrons. The fraction of sp³-hybridized carbons (Fsp3) is 0.172. The van der Waals surface area contributed by atoms with Gasteiger partial charge in [0.25, 0.3) is 11.8 Å². The summed E-state index contributed by atoms with van der Waals surface area (Å²) in [6.45, 7) is 4.07. The molecule has 4 aromatic carbocycles. The van der Waals surface area contributed by atoms with E-state index in [1.807, 2.05) is 26.0 Å². The molecule has 3 N–H and O–H groups in total. The summed E-state index contributed by atoms with van der Waals surface area (Å²) >= 11 is 0. The Morgan fingerprint density at radius 2 is 1.76 bits per heavy atom. The lowest BCUT2D eigenvalue weighted by atomic mass is 10.0. The average Bonchev–Trinajstić information content (AvgIpc) is 2.93. The molecule has 0 heterocycles. The van der Waals surface area contributed by atoms with Crippen LogP contribution in [-0.2, 0) is 0 Å². The van der Waals surface area contributed by atoms with Crippen molar-refractivity contribution in [3.8, 4) is 17.2 Å². The number of rotatable bonds is 8. The van der Waals surface area contributed by atoms with Crippen LogP contribution in [0.25, 0.3) is 10.8 Å². The molecule has 0 unspecified atom stereocenters. The van der Waals surface area contributed by atoms with Crippen LogP contribution < -0.4 is 20.1 Å². The Morgan fingerprint density at radius 1 is 0.974 bits per heavy atom. The summed E-state index contributed by atoms with van der Waals surface area (Å²) in [6, 6.07) is 18.9. The highest BCUT2D eigenvalue weighted by atomic mass is 16.5. The van der Waals surface area contributed by atoms with Gasteiger partial charge in [-0.2, -0.15) is 0 Å². The first-order valence-electron chi connectivity index (χ1n) is 12.0. The zero-order valence-corrected chi connectivity index (χ0v) is 21.5. The molecule has 0 aliphatic carbocycles. The lowest BCUT2D eigenvalue weighted by Crippen LogP contribution is -2.17. The van der Waals surface area contributed by atoms with E-state index < -0.39 is 5.91 Å². The minimum Gasteiger partial charge on any atom is -0.505 e. The number of ether oxygens (including phenoxy) is 2. The number of aromatic hydroxyl groups is 1. The Labute approximate surface area is 220 Å². The predicted octanol–water partition coefficient (Wildman–Crippen LogP) is 6.29. The number of aryl methyl sites for hydroxylation is 1. The summed E-state index contributed by atoms with van der Waals surface area (Å²) in [4.78, 5) is 25.4. The molecule has 0 spiro atoms. The number of nitrogens with one attached hydrogen (secondary N) is 2. The lowest BCUT2D eigenvalue weighted by Gasteiger charge is -2.13. The van der Waals surface area contributed by atoms with Gasteiger partial charge >= 0.3 is 0 Å². The summed E-state index contributed by atoms with van der Waals surface area (Å²) < 4.78 is 10.9. The van der Waals surface area contributed by atoms with Crippen molar-refractivity contribution in [2.45, 2.75) is 13.8 Å². The van der Waals surface area contributed by atoms with Crippen molar-refractivity contribution >= 4 is 39.6 Å². The first-order chi connectivity index (χ1) is 18.4. The normalized spacial score (nSPS) is 10.9. The first kappa shape index (κ1) is 26.2. The number of benzene rings is 4. The number of phenols is 1. The fourth-order valence-electron chi connectivity index (χ4n) is 3.95. The van der Waals surface area contributed by atoms with Crippen LogP contribution in [0.4, 0.5) is 17.1 Å². The second kappa shape index (κ2) is 11.4. The highest BCUT2D eigenvalue weighted by Gasteiger charge is 2.19. The van der Waals surface area contributed by atoms with Crippen LogP contribution in [0.1, 0.15) is 33.2 Å². The van der Waals surface area contributed by atoms with Crippen molar-refractivity contribution < 1.29 is 24.2 Å². The number of phenolic OH excluding ortho intramolecular Hbond substituents is 1. The van der Waals surface area contributed by atoms with E-state index in [-0.39, 0.29) is 22.9 Å². The molecule has 0 saturated heterocycles. The number of nitrogens with zero attached hydrogens (tertiary/aromatic N) is 2. The molecule has 4 aromatic rings. The van der Waals surface area contributed by atoms with E-state index in [2.05, 4.69) is 20.9 Å². The highest BCUT2D eigenvalue weighted by molar-refractivity contribution is 6.12. The summed E-state index contributed by atoms with van der Waals surface area (Å²) in [5, 5.41) is 26.6. The van der Waals surface area contributed by atoms with Crippen LogP contribution in [0, 0.1) is 6.92 Å². The molecular formula is C29H28N4O5. The van der Waals surface area contributed by atoms with E-state index in [4.69, 9.17) is 9.47 Å². The van der Waals surface area contributed by atoms with Crippen molar-refractivity contribution in [3.05, 3.63) is 83.4 Å². The van der Waals surface area contributed by atoms with Gasteiger partial charge in [-0.3, -0.25) is 9.59 Å². The number of amides is 2. The molecule has 38 heavy (non-hydrogen) atoms. The van der Waals surface area contributed by atoms with Crippen LogP contribution in [0.15, 0.2) is 77.0 Å². The minimum atomic E-state index is -0.505. The molecule has 2 amide bonds. The summed E-state index contributed by atoms with van der Waals surface area (Å²) in [5.74, 6) is -0.0170. The van der Waals surface area contributed by atoms with E-state index in [1.54, 1.807) is 61.7 Å². The predicted molar refractivity (Wildman–Crippen MR) is 146 cm³/mol. The number of hydrogen-bond donors (Lipinski definition) is 3. The molecule has 9 nitrogen and oxygen atoms in total. The zero-order valence-electron chi connectivity index (χ0n) is 21.5. The third-order valence-corrected chi connectivity index (χ3v) is 5.93. The monoisotopic (exact) mass is 512 g/mol. The van der Waals surface area contributed by atoms with Crippen molar-refractivity contribution in [1.82, 2.24) is 5.32 Å². The van der Waals surface area contributed by atoms with Crippen LogP contribution in [0.3, 0.4) is 0 Å². The third-order valence-electron chi connectivity index (χ3n) is 5.93. The Hall–Kier alpha value is -4.92. The Balaban J connectivity index is 1.78. The zero-order chi connectivity index (χ0) is 27.2. The van der Waals surface area contributed by atoms with Crippen LogP contribution >= 0.6 is 0 Å². The molecule has 0 saturated carbocycles. The van der Waals surface area contributed by atoms with Crippen LogP contribution in [0.2, 0.25) is 0 Å². The third kappa shape index (κ3) is 5.41. The van der Waals surface area contributed by atoms with Crippen molar-refractivity contribution in [1.29, 1.82) is 0 Å². The molecule has 4 rings (SSSR count). The maximum atomic E-state index is 13.3. The molecule has 0 radical (unpaired) electrons. The van der Waals surface area contributed by atoms with Crippen LogP contribution in [-0.4, -0.2) is 37.7 Å². The maximum Gasteiger partial charge on any atom is 0.259 e. The Bertz CT molecular complexity index is 1550. The smallest absolute Gasteiger partial charge is 0.259 e. The number of anilines is 1. The number of carbonyl (C=O) groups is 2. The van der Waals surface area contributed by atoms with Gasteiger partial charge in [0.05, 0.1) is 19.3 Å². The molecule has 0 aliphatic rings. The SMILES string of the molecule is CCOc1ccc(C(=O)NC)cc1N=Nc1c(O)c(C(=O)Nc2ccc(OC)cc2C)cc2ccccc12. The van der Waals surface area contributed by atoms with Gasteiger partial charge in [0.1, 0.15) is 22.9 Å². The molecule has 0 fully saturated rings. The highest BCUT2D eigenvalue weighted by Crippen LogP contribution is 2.41. The van der Waals surface area contributed by atoms with Gasteiger partial charge in [0.15, 0.2) is 5.75 Å². The van der Waals surface area contributed by atoms with E-state index in [0.29, 0.717) is 45.8 Å². The quantitative estimate of drug-likeness (QED) is 0.240. The Morgan fingerprint density at radius 3 is 2.47 bits per heavy atom. The molecule has 0 aliphatic heterocycles. The number of hydrogen-bond acceptors (Lipinski definition) is 7. The second-order valence-electron chi connectivity index (χ2n) is 8.37. The Kier molecular flexibility index (Phi) is 7.86. The molecular weight excluding hydrogens is 484 g/mol. The first-order valence-corrected chi connectivity index (χ1v) is 12.0. The van der Waals surface area contributed by atoms with Crippen molar-refractivity contribution in [3.63, 3.8) is 0 Å². The van der Waals surface area contributed by atoms with E-state index >= 15 is 0 Å². The van der Waals surface area contributed by atoms with Crippen molar-refractivity contribution in [2.24, 2.45) is 10.2 Å². The lowest BCUT2D eigenvalue weighted by molar-refractivity contribution is 0.0962. The number of azo groups is 1. The molecule has 0 aromatic heterocycles. The fourth-order valence-corrected chi connectivity index (χ4v) is 3.95. The molecule has 0 bridgehead atoms. The van der Waals surface area contributed by atoms with E-state index in [9.17, 15) is 14.7 Å². The summed E-state index contributed by atoms with van der Waals surface area (Å²) in [7, 11) is 3.11. The van der Waals surface area contributed by atoms with Gasteiger partial charge in [0, 0.05) is 23.7 Å². The number of fused-ring (bicyclic) bond motifs is 1. The topological polar surface area (TPSA) is 122 Å². The molecule has 9 heteroatoms. The summed E-state index contributed by atoms with van der Waals surface area (Å²) in [5.41, 5.74) is 2.22. The maximum absolute atomic E-state index is 13.3. The van der Waals surface area contributed by atoms with Crippen molar-refractivity contribution in [2.75, 3.05) is 26.1 Å². The largest absolute Gasteiger partial charge is 0.505 e. The minimum absolute atomic E-state index is 0.0389.